The van der Waals surface area contributed by atoms with Crippen molar-refractivity contribution in [1.82, 2.24) is 4.90 Å². The second-order valence-corrected chi connectivity index (χ2v) is 11.5. The van der Waals surface area contributed by atoms with Gasteiger partial charge in [0.05, 0.1) is 0 Å². The highest BCUT2D eigenvalue weighted by molar-refractivity contribution is 7.64. The highest BCUT2D eigenvalue weighted by Gasteiger charge is 2.32. The SMILES string of the molecule is CCN(CC)CC1=CC=C/C(=C\P(C(C)(C)C)C(C)(C)C)[N-]1. The fourth-order valence-corrected chi connectivity index (χ4v) is 6.06. The van der Waals surface area contributed by atoms with Gasteiger partial charge in [0.15, 0.2) is 0 Å². The van der Waals surface area contributed by atoms with Crippen molar-refractivity contribution >= 4 is 7.92 Å². The molecule has 3 heteroatoms. The first-order valence-corrected chi connectivity index (χ1v) is 9.81. The summed E-state index contributed by atoms with van der Waals surface area (Å²) in [6, 6.07) is 0. The van der Waals surface area contributed by atoms with E-state index in [2.05, 4.69) is 84.3 Å². The average Bonchev–Trinajstić information content (AvgIpc) is 2.40. The Bertz CT molecular complexity index is 429. The lowest BCUT2D eigenvalue weighted by Crippen LogP contribution is -2.25. The lowest BCUT2D eigenvalue weighted by atomic mass is 10.2. The largest absolute Gasteiger partial charge is 0.660 e. The molecule has 0 saturated carbocycles. The second-order valence-electron chi connectivity index (χ2n) is 7.86. The third kappa shape index (κ3) is 5.89. The molecule has 0 spiro atoms. The molecule has 22 heavy (non-hydrogen) atoms. The standard InChI is InChI=1S/C19H34N2P/c1-9-21(10-2)14-16-12-11-13-17(20-16)15-22(18(3,4)5)19(6,7)8/h11-13,15H,9-10,14H2,1-8H3/q-1/b17-15+. The summed E-state index contributed by atoms with van der Waals surface area (Å²) in [5.41, 5.74) is 2.32. The maximum absolute atomic E-state index is 4.89. The van der Waals surface area contributed by atoms with E-state index in [1.54, 1.807) is 0 Å². The van der Waals surface area contributed by atoms with Crippen LogP contribution in [0.5, 0.6) is 0 Å². The molecule has 0 aromatic carbocycles. The van der Waals surface area contributed by atoms with Gasteiger partial charge in [0.2, 0.25) is 0 Å². The molecule has 2 nitrogen and oxygen atoms in total. The number of allylic oxidation sites excluding steroid dienone is 3. The maximum Gasteiger partial charge on any atom is 0.00299 e. The molecule has 0 aliphatic carbocycles. The zero-order valence-electron chi connectivity index (χ0n) is 15.8. The smallest absolute Gasteiger partial charge is 0.00299 e. The lowest BCUT2D eigenvalue weighted by molar-refractivity contribution is 0.331. The summed E-state index contributed by atoms with van der Waals surface area (Å²) in [5.74, 6) is 2.43. The predicted octanol–water partition coefficient (Wildman–Crippen LogP) is 6.08. The third-order valence-electron chi connectivity index (χ3n) is 3.82. The summed E-state index contributed by atoms with van der Waals surface area (Å²) in [4.78, 5) is 2.41. The van der Waals surface area contributed by atoms with Crippen LogP contribution < -0.4 is 0 Å². The average molecular weight is 321 g/mol. The predicted molar refractivity (Wildman–Crippen MR) is 103 cm³/mol. The van der Waals surface area contributed by atoms with Gasteiger partial charge in [0, 0.05) is 6.54 Å². The molecule has 0 unspecified atom stereocenters. The summed E-state index contributed by atoms with van der Waals surface area (Å²) in [7, 11) is -0.260. The first kappa shape index (κ1) is 19.5. The van der Waals surface area contributed by atoms with E-state index >= 15 is 0 Å². The van der Waals surface area contributed by atoms with Crippen molar-refractivity contribution < 1.29 is 0 Å². The molecule has 0 atom stereocenters. The number of rotatable bonds is 5. The van der Waals surface area contributed by atoms with E-state index in [-0.39, 0.29) is 7.92 Å². The molecule has 126 valence electrons. The molecule has 0 aromatic rings. The van der Waals surface area contributed by atoms with Gasteiger partial charge in [-0.05, 0) is 23.4 Å². The molecule has 0 radical (unpaired) electrons. The van der Waals surface area contributed by atoms with Crippen molar-refractivity contribution in [2.45, 2.75) is 65.7 Å². The molecule has 1 heterocycles. The highest BCUT2D eigenvalue weighted by atomic mass is 31.1. The van der Waals surface area contributed by atoms with E-state index in [9.17, 15) is 0 Å². The zero-order chi connectivity index (χ0) is 17.0. The van der Waals surface area contributed by atoms with E-state index in [4.69, 9.17) is 5.32 Å². The first-order chi connectivity index (χ1) is 10.1. The van der Waals surface area contributed by atoms with Crippen molar-refractivity contribution in [2.24, 2.45) is 0 Å². The molecular formula is C19H34N2P-. The quantitative estimate of drug-likeness (QED) is 0.561. The van der Waals surface area contributed by atoms with Crippen molar-refractivity contribution in [2.75, 3.05) is 19.6 Å². The highest BCUT2D eigenvalue weighted by Crippen LogP contribution is 2.61. The second kappa shape index (κ2) is 7.79. The molecule has 1 rings (SSSR count). The van der Waals surface area contributed by atoms with E-state index in [0.717, 1.165) is 25.3 Å². The topological polar surface area (TPSA) is 17.3 Å². The molecular weight excluding hydrogens is 287 g/mol. The van der Waals surface area contributed by atoms with Crippen LogP contribution >= 0.6 is 7.92 Å². The number of likely N-dealkylation sites (N-methyl/N-ethyl adjacent to an activating group) is 1. The maximum atomic E-state index is 4.89. The Morgan fingerprint density at radius 2 is 1.59 bits per heavy atom. The normalized spacial score (nSPS) is 18.1. The Kier molecular flexibility index (Phi) is 6.89. The van der Waals surface area contributed by atoms with Gasteiger partial charge in [0.25, 0.3) is 0 Å². The van der Waals surface area contributed by atoms with Crippen molar-refractivity contribution in [3.8, 4) is 0 Å². The van der Waals surface area contributed by atoms with Gasteiger partial charge < -0.3 is 10.2 Å². The van der Waals surface area contributed by atoms with Gasteiger partial charge in [0.1, 0.15) is 0 Å². The first-order valence-electron chi connectivity index (χ1n) is 8.40. The summed E-state index contributed by atoms with van der Waals surface area (Å²) in [5, 5.41) is 5.49. The molecule has 1 aliphatic heterocycles. The summed E-state index contributed by atoms with van der Waals surface area (Å²) in [6.07, 6.45) is 6.45. The van der Waals surface area contributed by atoms with Crippen LogP contribution in [0.2, 0.25) is 0 Å². The van der Waals surface area contributed by atoms with E-state index in [1.807, 2.05) is 0 Å². The molecule has 0 aromatic heterocycles. The van der Waals surface area contributed by atoms with Crippen LogP contribution in [-0.4, -0.2) is 34.8 Å². The Labute approximate surface area is 139 Å². The molecule has 0 amide bonds. The minimum atomic E-state index is -0.260. The van der Waals surface area contributed by atoms with Crippen molar-refractivity contribution in [1.29, 1.82) is 0 Å². The Hall–Kier alpha value is -0.590. The Balaban J connectivity index is 2.90. The molecule has 0 bridgehead atoms. The number of hydrogen-bond acceptors (Lipinski definition) is 1. The fraction of sp³-hybridized carbons (Fsp3) is 0.684. The fourth-order valence-electron chi connectivity index (χ4n) is 2.86. The van der Waals surface area contributed by atoms with Crippen molar-refractivity contribution in [3.05, 3.63) is 40.8 Å². The van der Waals surface area contributed by atoms with Crippen LogP contribution in [0.15, 0.2) is 35.4 Å². The van der Waals surface area contributed by atoms with Gasteiger partial charge in [-0.3, -0.25) is 0 Å². The summed E-state index contributed by atoms with van der Waals surface area (Å²) < 4.78 is 0. The molecule has 0 fully saturated rings. The van der Waals surface area contributed by atoms with Gasteiger partial charge in [-0.15, -0.1) is 11.4 Å². The molecule has 0 N–H and O–H groups in total. The van der Waals surface area contributed by atoms with E-state index in [1.165, 1.54) is 5.70 Å². The Morgan fingerprint density at radius 1 is 1.05 bits per heavy atom. The van der Waals surface area contributed by atoms with E-state index < -0.39 is 0 Å². The van der Waals surface area contributed by atoms with Crippen LogP contribution in [-0.2, 0) is 0 Å². The monoisotopic (exact) mass is 321 g/mol. The minimum absolute atomic E-state index is 0.260. The number of nitrogens with zero attached hydrogens (tertiary/aromatic N) is 2. The molecule has 1 aliphatic rings. The summed E-state index contributed by atoms with van der Waals surface area (Å²) in [6.45, 7) is 21.6. The van der Waals surface area contributed by atoms with Crippen molar-refractivity contribution in [3.63, 3.8) is 0 Å². The van der Waals surface area contributed by atoms with Crippen LogP contribution in [0, 0.1) is 0 Å². The van der Waals surface area contributed by atoms with Gasteiger partial charge >= 0.3 is 0 Å². The summed E-state index contributed by atoms with van der Waals surface area (Å²) >= 11 is 0. The minimum Gasteiger partial charge on any atom is -0.660 e. The van der Waals surface area contributed by atoms with E-state index in [0.29, 0.717) is 10.3 Å². The van der Waals surface area contributed by atoms with Crippen LogP contribution in [0.4, 0.5) is 0 Å². The zero-order valence-corrected chi connectivity index (χ0v) is 16.7. The van der Waals surface area contributed by atoms with Gasteiger partial charge in [-0.25, -0.2) is 0 Å². The lowest BCUT2D eigenvalue weighted by Gasteiger charge is -2.42. The van der Waals surface area contributed by atoms with Crippen LogP contribution in [0.3, 0.4) is 0 Å². The van der Waals surface area contributed by atoms with Gasteiger partial charge in [-0.2, -0.15) is 0 Å². The number of hydrogen-bond donors (Lipinski definition) is 0. The molecule has 0 saturated heterocycles. The van der Waals surface area contributed by atoms with Crippen LogP contribution in [0.25, 0.3) is 5.32 Å². The third-order valence-corrected chi connectivity index (χ3v) is 7.23. The van der Waals surface area contributed by atoms with Gasteiger partial charge in [-0.1, -0.05) is 87.4 Å². The van der Waals surface area contributed by atoms with Crippen LogP contribution in [0.1, 0.15) is 55.4 Å². The Morgan fingerprint density at radius 3 is 2.05 bits per heavy atom.